The molecule has 2 aromatic rings. The molecule has 2 amide bonds. The lowest BCUT2D eigenvalue weighted by atomic mass is 10.1. The number of amides is 2. The van der Waals surface area contributed by atoms with Crippen molar-refractivity contribution < 1.29 is 9.59 Å². The van der Waals surface area contributed by atoms with Gasteiger partial charge >= 0.3 is 0 Å². The minimum absolute atomic E-state index is 0.0862. The third-order valence-electron chi connectivity index (χ3n) is 5.60. The summed E-state index contributed by atoms with van der Waals surface area (Å²) in [5.74, 6) is -0.0951. The van der Waals surface area contributed by atoms with Gasteiger partial charge in [-0.3, -0.25) is 14.9 Å². The molecule has 0 saturated carbocycles. The van der Waals surface area contributed by atoms with Crippen LogP contribution in [0.1, 0.15) is 71.1 Å². The first kappa shape index (κ1) is 23.7. The SMILES string of the molecule is CCCCCCCCCC(=O)N1CCCC1C(=O)Nc1nnc(-c2cccc(Cl)c2)s1. The topological polar surface area (TPSA) is 75.2 Å². The second kappa shape index (κ2) is 12.2. The van der Waals surface area contributed by atoms with E-state index in [-0.39, 0.29) is 11.8 Å². The zero-order valence-corrected chi connectivity index (χ0v) is 19.7. The number of anilines is 1. The molecule has 1 fully saturated rings. The normalized spacial score (nSPS) is 15.9. The van der Waals surface area contributed by atoms with Crippen LogP contribution in [0.5, 0.6) is 0 Å². The summed E-state index contributed by atoms with van der Waals surface area (Å²) in [5, 5.41) is 12.8. The van der Waals surface area contributed by atoms with Gasteiger partial charge in [-0.1, -0.05) is 80.5 Å². The largest absolute Gasteiger partial charge is 0.331 e. The molecule has 1 unspecified atom stereocenters. The van der Waals surface area contributed by atoms with E-state index in [0.717, 1.165) is 24.8 Å². The number of likely N-dealkylation sites (tertiary alicyclic amines) is 1. The minimum Gasteiger partial charge on any atom is -0.331 e. The van der Waals surface area contributed by atoms with Crippen molar-refractivity contribution in [1.82, 2.24) is 15.1 Å². The molecule has 8 heteroatoms. The number of benzene rings is 1. The van der Waals surface area contributed by atoms with Gasteiger partial charge in [0.15, 0.2) is 0 Å². The minimum atomic E-state index is -0.421. The van der Waals surface area contributed by atoms with E-state index in [1.54, 1.807) is 11.0 Å². The van der Waals surface area contributed by atoms with E-state index in [2.05, 4.69) is 22.4 Å². The average Bonchev–Trinajstić information content (AvgIpc) is 3.43. The summed E-state index contributed by atoms with van der Waals surface area (Å²) in [4.78, 5) is 27.2. The Balaban J connectivity index is 1.48. The van der Waals surface area contributed by atoms with Crippen LogP contribution in [0.15, 0.2) is 24.3 Å². The highest BCUT2D eigenvalue weighted by Crippen LogP contribution is 2.29. The maximum atomic E-state index is 12.8. The molecule has 2 heterocycles. The van der Waals surface area contributed by atoms with Crippen molar-refractivity contribution in [3.8, 4) is 10.6 Å². The van der Waals surface area contributed by atoms with Gasteiger partial charge in [0.2, 0.25) is 16.9 Å². The lowest BCUT2D eigenvalue weighted by molar-refractivity contribution is -0.136. The van der Waals surface area contributed by atoms with Gasteiger partial charge in [0.25, 0.3) is 0 Å². The van der Waals surface area contributed by atoms with Gasteiger partial charge < -0.3 is 4.90 Å². The number of rotatable bonds is 11. The van der Waals surface area contributed by atoms with Gasteiger partial charge in [-0.2, -0.15) is 0 Å². The first-order valence-electron chi connectivity index (χ1n) is 11.3. The van der Waals surface area contributed by atoms with Crippen LogP contribution in [0.4, 0.5) is 5.13 Å². The summed E-state index contributed by atoms with van der Waals surface area (Å²) in [6.45, 7) is 2.86. The van der Waals surface area contributed by atoms with Crippen molar-refractivity contribution in [2.45, 2.75) is 77.2 Å². The third-order valence-corrected chi connectivity index (χ3v) is 6.72. The molecule has 1 aliphatic heterocycles. The maximum Gasteiger partial charge on any atom is 0.249 e. The average molecular weight is 463 g/mol. The lowest BCUT2D eigenvalue weighted by Crippen LogP contribution is -2.43. The summed E-state index contributed by atoms with van der Waals surface area (Å²) in [5.41, 5.74) is 0.859. The van der Waals surface area contributed by atoms with Gasteiger partial charge in [0.05, 0.1) is 0 Å². The number of halogens is 1. The molecule has 1 aliphatic rings. The Hall–Kier alpha value is -1.99. The molecular formula is C23H31ClN4O2S. The molecule has 6 nitrogen and oxygen atoms in total. The molecular weight excluding hydrogens is 432 g/mol. The predicted molar refractivity (Wildman–Crippen MR) is 126 cm³/mol. The zero-order chi connectivity index (χ0) is 22.1. The third kappa shape index (κ3) is 7.01. The Bertz CT molecular complexity index is 873. The Morgan fingerprint density at radius 1 is 1.16 bits per heavy atom. The van der Waals surface area contributed by atoms with Gasteiger partial charge in [-0.25, -0.2) is 0 Å². The van der Waals surface area contributed by atoms with Gasteiger partial charge in [0, 0.05) is 23.6 Å². The van der Waals surface area contributed by atoms with Crippen molar-refractivity contribution in [2.24, 2.45) is 0 Å². The van der Waals surface area contributed by atoms with E-state index < -0.39 is 6.04 Å². The molecule has 168 valence electrons. The fourth-order valence-corrected chi connectivity index (χ4v) is 4.85. The zero-order valence-electron chi connectivity index (χ0n) is 18.1. The fourth-order valence-electron chi connectivity index (χ4n) is 3.92. The van der Waals surface area contributed by atoms with Gasteiger partial charge in [0.1, 0.15) is 11.0 Å². The van der Waals surface area contributed by atoms with Crippen LogP contribution in [0.2, 0.25) is 5.02 Å². The standard InChI is InChI=1S/C23H31ClN4O2S/c1-2-3-4-5-6-7-8-14-20(29)28-15-10-13-19(28)21(30)25-23-27-26-22(31-23)17-11-9-12-18(24)16-17/h9,11-12,16,19H,2-8,10,13-15H2,1H3,(H,25,27,30). The van der Waals surface area contributed by atoms with Crippen molar-refractivity contribution in [2.75, 3.05) is 11.9 Å². The molecule has 1 atom stereocenters. The monoisotopic (exact) mass is 462 g/mol. The van der Waals surface area contributed by atoms with E-state index >= 15 is 0 Å². The molecule has 0 bridgehead atoms. The van der Waals surface area contributed by atoms with Crippen molar-refractivity contribution in [3.63, 3.8) is 0 Å². The van der Waals surface area contributed by atoms with Gasteiger partial charge in [-0.15, -0.1) is 10.2 Å². The van der Waals surface area contributed by atoms with E-state index in [0.29, 0.717) is 34.5 Å². The second-order valence-electron chi connectivity index (χ2n) is 8.03. The van der Waals surface area contributed by atoms with E-state index in [1.165, 1.54) is 43.4 Å². The smallest absolute Gasteiger partial charge is 0.249 e. The number of carbonyl (C=O) groups excluding carboxylic acids is 2. The van der Waals surface area contributed by atoms with Crippen molar-refractivity contribution in [3.05, 3.63) is 29.3 Å². The van der Waals surface area contributed by atoms with Crippen LogP contribution >= 0.6 is 22.9 Å². The molecule has 1 saturated heterocycles. The highest BCUT2D eigenvalue weighted by molar-refractivity contribution is 7.18. The molecule has 0 radical (unpaired) electrons. The van der Waals surface area contributed by atoms with Crippen molar-refractivity contribution >= 4 is 39.9 Å². The number of aromatic nitrogens is 2. The molecule has 1 aromatic carbocycles. The summed E-state index contributed by atoms with van der Waals surface area (Å²) in [7, 11) is 0. The number of hydrogen-bond acceptors (Lipinski definition) is 5. The summed E-state index contributed by atoms with van der Waals surface area (Å²) in [6, 6.07) is 6.95. The maximum absolute atomic E-state index is 12.8. The molecule has 3 rings (SSSR count). The number of carbonyl (C=O) groups is 2. The fraction of sp³-hybridized carbons (Fsp3) is 0.565. The van der Waals surface area contributed by atoms with Crippen LogP contribution in [-0.4, -0.2) is 39.5 Å². The van der Waals surface area contributed by atoms with Crippen LogP contribution in [0, 0.1) is 0 Å². The molecule has 1 aromatic heterocycles. The van der Waals surface area contributed by atoms with Crippen LogP contribution in [0.3, 0.4) is 0 Å². The second-order valence-corrected chi connectivity index (χ2v) is 9.44. The highest BCUT2D eigenvalue weighted by atomic mass is 35.5. The predicted octanol–water partition coefficient (Wildman–Crippen LogP) is 5.93. The highest BCUT2D eigenvalue weighted by Gasteiger charge is 2.34. The quantitative estimate of drug-likeness (QED) is 0.420. The van der Waals surface area contributed by atoms with E-state index in [9.17, 15) is 9.59 Å². The number of nitrogens with zero attached hydrogens (tertiary/aromatic N) is 3. The first-order valence-corrected chi connectivity index (χ1v) is 12.5. The molecule has 1 N–H and O–H groups in total. The van der Waals surface area contributed by atoms with Crippen LogP contribution in [0.25, 0.3) is 10.6 Å². The van der Waals surface area contributed by atoms with Crippen LogP contribution in [-0.2, 0) is 9.59 Å². The Kier molecular flexibility index (Phi) is 9.28. The lowest BCUT2D eigenvalue weighted by Gasteiger charge is -2.23. The number of nitrogens with one attached hydrogen (secondary N) is 1. The number of unbranched alkanes of at least 4 members (excludes halogenated alkanes) is 6. The number of hydrogen-bond donors (Lipinski definition) is 1. The summed E-state index contributed by atoms with van der Waals surface area (Å²) in [6.07, 6.45) is 10.3. The van der Waals surface area contributed by atoms with Crippen molar-refractivity contribution in [1.29, 1.82) is 0 Å². The summed E-state index contributed by atoms with van der Waals surface area (Å²) >= 11 is 7.34. The Morgan fingerprint density at radius 3 is 2.71 bits per heavy atom. The molecule has 0 aliphatic carbocycles. The Morgan fingerprint density at radius 2 is 1.94 bits per heavy atom. The summed E-state index contributed by atoms with van der Waals surface area (Å²) < 4.78 is 0. The van der Waals surface area contributed by atoms with E-state index in [1.807, 2.05) is 18.2 Å². The van der Waals surface area contributed by atoms with Gasteiger partial charge in [-0.05, 0) is 31.4 Å². The Labute approximate surface area is 193 Å². The van der Waals surface area contributed by atoms with Crippen LogP contribution < -0.4 is 5.32 Å². The van der Waals surface area contributed by atoms with E-state index in [4.69, 9.17) is 11.6 Å². The molecule has 0 spiro atoms. The first-order chi connectivity index (χ1) is 15.1. The molecule has 31 heavy (non-hydrogen) atoms.